The van der Waals surface area contributed by atoms with Gasteiger partial charge in [-0.05, 0) is 30.4 Å². The molecule has 1 heterocycles. The molecule has 3 N–H and O–H groups in total. The lowest BCUT2D eigenvalue weighted by Gasteiger charge is -2.06. The number of nitrogen functional groups attached to an aromatic ring is 1. The highest BCUT2D eigenvalue weighted by Gasteiger charge is 2.03. The Hall–Kier alpha value is -1.25. The molecule has 1 aromatic rings. The standard InChI is InChI=1S/C10H16N2O/c1-7(2)3-4-8-5-6-12-10(13)9(8)11/h5-7H,3-4,11H2,1-2H3,(H,12,13). The van der Waals surface area contributed by atoms with Crippen molar-refractivity contribution in [2.45, 2.75) is 26.7 Å². The van der Waals surface area contributed by atoms with Crippen molar-refractivity contribution < 1.29 is 0 Å². The molecule has 1 aromatic heterocycles. The van der Waals surface area contributed by atoms with Crippen molar-refractivity contribution in [1.29, 1.82) is 0 Å². The Morgan fingerprint density at radius 3 is 2.85 bits per heavy atom. The van der Waals surface area contributed by atoms with Gasteiger partial charge in [0.05, 0.1) is 0 Å². The maximum Gasteiger partial charge on any atom is 0.271 e. The van der Waals surface area contributed by atoms with Gasteiger partial charge in [0.25, 0.3) is 5.56 Å². The molecule has 0 radical (unpaired) electrons. The van der Waals surface area contributed by atoms with Crippen molar-refractivity contribution in [2.75, 3.05) is 5.73 Å². The molecule has 0 bridgehead atoms. The molecule has 0 spiro atoms. The molecule has 3 nitrogen and oxygen atoms in total. The Labute approximate surface area is 78.0 Å². The minimum absolute atomic E-state index is 0.179. The molecular weight excluding hydrogens is 164 g/mol. The van der Waals surface area contributed by atoms with Gasteiger partial charge in [0.15, 0.2) is 0 Å². The highest BCUT2D eigenvalue weighted by atomic mass is 16.1. The minimum atomic E-state index is -0.179. The van der Waals surface area contributed by atoms with E-state index in [1.54, 1.807) is 6.20 Å². The van der Waals surface area contributed by atoms with E-state index >= 15 is 0 Å². The molecule has 0 unspecified atom stereocenters. The fraction of sp³-hybridized carbons (Fsp3) is 0.500. The van der Waals surface area contributed by atoms with E-state index in [1.165, 1.54) is 0 Å². The van der Waals surface area contributed by atoms with Gasteiger partial charge in [-0.2, -0.15) is 0 Å². The van der Waals surface area contributed by atoms with Crippen LogP contribution >= 0.6 is 0 Å². The maximum atomic E-state index is 11.1. The zero-order chi connectivity index (χ0) is 9.84. The molecule has 0 saturated heterocycles. The van der Waals surface area contributed by atoms with Gasteiger partial charge in [-0.25, -0.2) is 0 Å². The SMILES string of the molecule is CC(C)CCc1cc[nH]c(=O)c1N. The number of nitrogens with two attached hydrogens (primary N) is 1. The highest BCUT2D eigenvalue weighted by molar-refractivity contribution is 5.43. The molecule has 13 heavy (non-hydrogen) atoms. The number of anilines is 1. The molecule has 0 aliphatic rings. The lowest BCUT2D eigenvalue weighted by atomic mass is 10.0. The molecule has 3 heteroatoms. The first-order valence-electron chi connectivity index (χ1n) is 4.57. The van der Waals surface area contributed by atoms with Crippen LogP contribution in [0, 0.1) is 5.92 Å². The summed E-state index contributed by atoms with van der Waals surface area (Å²) in [7, 11) is 0. The van der Waals surface area contributed by atoms with Crippen molar-refractivity contribution in [3.8, 4) is 0 Å². The Balaban J connectivity index is 2.77. The summed E-state index contributed by atoms with van der Waals surface area (Å²) in [6.45, 7) is 4.31. The van der Waals surface area contributed by atoms with Gasteiger partial charge >= 0.3 is 0 Å². The maximum absolute atomic E-state index is 11.1. The quantitative estimate of drug-likeness (QED) is 0.741. The molecule has 0 fully saturated rings. The Morgan fingerprint density at radius 2 is 2.23 bits per heavy atom. The lowest BCUT2D eigenvalue weighted by Crippen LogP contribution is -2.13. The number of aromatic nitrogens is 1. The van der Waals surface area contributed by atoms with Crippen LogP contribution in [0.1, 0.15) is 25.8 Å². The van der Waals surface area contributed by atoms with Gasteiger partial charge in [-0.15, -0.1) is 0 Å². The third-order valence-corrected chi connectivity index (χ3v) is 2.08. The summed E-state index contributed by atoms with van der Waals surface area (Å²) in [6.07, 6.45) is 3.59. The summed E-state index contributed by atoms with van der Waals surface area (Å²) in [4.78, 5) is 13.7. The molecule has 1 rings (SSSR count). The topological polar surface area (TPSA) is 58.9 Å². The molecule has 0 aromatic carbocycles. The summed E-state index contributed by atoms with van der Waals surface area (Å²) in [5, 5.41) is 0. The summed E-state index contributed by atoms with van der Waals surface area (Å²) < 4.78 is 0. The highest BCUT2D eigenvalue weighted by Crippen LogP contribution is 2.11. The summed E-state index contributed by atoms with van der Waals surface area (Å²) >= 11 is 0. The average molecular weight is 180 g/mol. The van der Waals surface area contributed by atoms with Crippen molar-refractivity contribution in [3.05, 3.63) is 28.2 Å². The van der Waals surface area contributed by atoms with Crippen LogP contribution in [0.3, 0.4) is 0 Å². The summed E-state index contributed by atoms with van der Waals surface area (Å²) in [5.41, 5.74) is 6.77. The molecule has 0 saturated carbocycles. The van der Waals surface area contributed by atoms with Crippen LogP contribution < -0.4 is 11.3 Å². The van der Waals surface area contributed by atoms with Crippen molar-refractivity contribution >= 4 is 5.69 Å². The normalized spacial score (nSPS) is 10.7. The first-order valence-corrected chi connectivity index (χ1v) is 4.57. The largest absolute Gasteiger partial charge is 0.394 e. The molecule has 0 atom stereocenters. The molecule has 0 amide bonds. The van der Waals surface area contributed by atoms with E-state index in [4.69, 9.17) is 5.73 Å². The van der Waals surface area contributed by atoms with Gasteiger partial charge in [0, 0.05) is 6.20 Å². The Kier molecular flexibility index (Phi) is 3.12. The third-order valence-electron chi connectivity index (χ3n) is 2.08. The smallest absolute Gasteiger partial charge is 0.271 e. The van der Waals surface area contributed by atoms with E-state index in [1.807, 2.05) is 6.07 Å². The Morgan fingerprint density at radius 1 is 1.54 bits per heavy atom. The average Bonchev–Trinajstić information content (AvgIpc) is 2.07. The van der Waals surface area contributed by atoms with Crippen molar-refractivity contribution in [3.63, 3.8) is 0 Å². The van der Waals surface area contributed by atoms with Crippen LogP contribution in [0.2, 0.25) is 0 Å². The molecule has 72 valence electrons. The molecule has 0 aliphatic heterocycles. The van der Waals surface area contributed by atoms with Crippen molar-refractivity contribution in [2.24, 2.45) is 5.92 Å². The van der Waals surface area contributed by atoms with Crippen LogP contribution in [-0.4, -0.2) is 4.98 Å². The lowest BCUT2D eigenvalue weighted by molar-refractivity contribution is 0.587. The van der Waals surface area contributed by atoms with Crippen LogP contribution in [0.5, 0.6) is 0 Å². The first-order chi connectivity index (χ1) is 6.11. The second-order valence-electron chi connectivity index (χ2n) is 3.68. The van der Waals surface area contributed by atoms with E-state index in [-0.39, 0.29) is 5.56 Å². The van der Waals surface area contributed by atoms with E-state index in [2.05, 4.69) is 18.8 Å². The number of aryl methyl sites for hydroxylation is 1. The van der Waals surface area contributed by atoms with E-state index in [9.17, 15) is 4.79 Å². The number of H-pyrrole nitrogens is 1. The van der Waals surface area contributed by atoms with Gasteiger partial charge in [0.1, 0.15) is 5.69 Å². The van der Waals surface area contributed by atoms with Crippen LogP contribution in [0.25, 0.3) is 0 Å². The van der Waals surface area contributed by atoms with Gasteiger partial charge in [-0.3, -0.25) is 4.79 Å². The number of hydrogen-bond acceptors (Lipinski definition) is 2. The van der Waals surface area contributed by atoms with Gasteiger partial charge < -0.3 is 10.7 Å². The number of hydrogen-bond donors (Lipinski definition) is 2. The monoisotopic (exact) mass is 180 g/mol. The number of rotatable bonds is 3. The first kappa shape index (κ1) is 9.84. The predicted molar refractivity (Wildman–Crippen MR) is 54.6 cm³/mol. The van der Waals surface area contributed by atoms with E-state index in [0.29, 0.717) is 11.6 Å². The van der Waals surface area contributed by atoms with Gasteiger partial charge in [0.2, 0.25) is 0 Å². The minimum Gasteiger partial charge on any atom is -0.394 e. The zero-order valence-electron chi connectivity index (χ0n) is 8.13. The third kappa shape index (κ3) is 2.61. The zero-order valence-corrected chi connectivity index (χ0v) is 8.13. The second-order valence-corrected chi connectivity index (χ2v) is 3.68. The number of nitrogens with one attached hydrogen (secondary N) is 1. The summed E-state index contributed by atoms with van der Waals surface area (Å²) in [5.74, 6) is 0.638. The van der Waals surface area contributed by atoms with E-state index in [0.717, 1.165) is 18.4 Å². The van der Waals surface area contributed by atoms with Crippen LogP contribution in [0.15, 0.2) is 17.1 Å². The molecule has 0 aliphatic carbocycles. The fourth-order valence-corrected chi connectivity index (χ4v) is 1.19. The number of aromatic amines is 1. The van der Waals surface area contributed by atoms with Crippen molar-refractivity contribution in [1.82, 2.24) is 4.98 Å². The Bertz CT molecular complexity index is 328. The van der Waals surface area contributed by atoms with Crippen LogP contribution in [0.4, 0.5) is 5.69 Å². The molecular formula is C10H16N2O. The number of pyridine rings is 1. The van der Waals surface area contributed by atoms with E-state index < -0.39 is 0 Å². The second kappa shape index (κ2) is 4.12. The summed E-state index contributed by atoms with van der Waals surface area (Å²) in [6, 6.07) is 1.87. The fourth-order valence-electron chi connectivity index (χ4n) is 1.19. The van der Waals surface area contributed by atoms with Crippen LogP contribution in [-0.2, 0) is 6.42 Å². The van der Waals surface area contributed by atoms with Gasteiger partial charge in [-0.1, -0.05) is 13.8 Å². The predicted octanol–water partition coefficient (Wildman–Crippen LogP) is 1.55.